The van der Waals surface area contributed by atoms with Gasteiger partial charge in [0.05, 0.1) is 12.8 Å². The van der Waals surface area contributed by atoms with Gasteiger partial charge in [0, 0.05) is 0 Å². The standard InChI is InChI=1S/C27H25N3O3S/c1-17-13-18(2)15-21(14-17)30-26(32)23(16-19-9-11-22(33-3)12-10-19)29-27(30)34-24(25(28)31)20-7-5-4-6-8-20/h4-16,24H,1-3H3,(H2,28,31)/b23-16+/t24-/m1/s1. The number of thioether (sulfide) groups is 1. The molecule has 0 spiro atoms. The molecule has 3 aromatic carbocycles. The molecule has 0 aliphatic carbocycles. The lowest BCUT2D eigenvalue weighted by Crippen LogP contribution is -2.32. The van der Waals surface area contributed by atoms with Gasteiger partial charge in [-0.3, -0.25) is 14.5 Å². The van der Waals surface area contributed by atoms with Crippen LogP contribution >= 0.6 is 11.8 Å². The first-order valence-electron chi connectivity index (χ1n) is 10.7. The van der Waals surface area contributed by atoms with Gasteiger partial charge in [-0.25, -0.2) is 4.99 Å². The Hall–Kier alpha value is -3.84. The topological polar surface area (TPSA) is 85.0 Å². The van der Waals surface area contributed by atoms with Crippen LogP contribution in [-0.2, 0) is 9.59 Å². The van der Waals surface area contributed by atoms with Gasteiger partial charge in [0.25, 0.3) is 5.91 Å². The van der Waals surface area contributed by atoms with E-state index in [9.17, 15) is 9.59 Å². The molecule has 0 saturated heterocycles. The molecule has 2 amide bonds. The highest BCUT2D eigenvalue weighted by molar-refractivity contribution is 8.15. The number of hydrogen-bond donors (Lipinski definition) is 1. The molecule has 0 unspecified atom stereocenters. The summed E-state index contributed by atoms with van der Waals surface area (Å²) in [5.41, 5.74) is 10.3. The summed E-state index contributed by atoms with van der Waals surface area (Å²) >= 11 is 1.17. The summed E-state index contributed by atoms with van der Waals surface area (Å²) < 4.78 is 5.21. The van der Waals surface area contributed by atoms with Crippen LogP contribution in [0.5, 0.6) is 5.75 Å². The van der Waals surface area contributed by atoms with E-state index in [-0.39, 0.29) is 11.6 Å². The Morgan fingerprint density at radius 3 is 2.26 bits per heavy atom. The summed E-state index contributed by atoms with van der Waals surface area (Å²) in [5, 5.41) is -0.288. The zero-order valence-corrected chi connectivity index (χ0v) is 20.0. The summed E-state index contributed by atoms with van der Waals surface area (Å²) in [6.07, 6.45) is 1.73. The Labute approximate surface area is 203 Å². The third kappa shape index (κ3) is 5.05. The van der Waals surface area contributed by atoms with Crippen molar-refractivity contribution in [3.05, 3.63) is 101 Å². The number of primary amides is 1. The predicted molar refractivity (Wildman–Crippen MR) is 138 cm³/mol. The molecule has 0 saturated carbocycles. The average molecular weight is 472 g/mol. The van der Waals surface area contributed by atoms with E-state index in [0.29, 0.717) is 10.9 Å². The second kappa shape index (κ2) is 9.97. The lowest BCUT2D eigenvalue weighted by atomic mass is 10.1. The zero-order chi connectivity index (χ0) is 24.2. The maximum absolute atomic E-state index is 13.5. The maximum atomic E-state index is 13.5. The van der Waals surface area contributed by atoms with Crippen LogP contribution in [0.1, 0.15) is 27.5 Å². The summed E-state index contributed by atoms with van der Waals surface area (Å²) in [6.45, 7) is 3.95. The molecule has 1 heterocycles. The normalized spacial score (nSPS) is 15.4. The van der Waals surface area contributed by atoms with Crippen LogP contribution in [0.3, 0.4) is 0 Å². The number of nitrogens with zero attached hydrogens (tertiary/aromatic N) is 2. The molecule has 7 heteroatoms. The first-order chi connectivity index (χ1) is 16.4. The summed E-state index contributed by atoms with van der Waals surface area (Å²) in [5.74, 6) is -0.0393. The molecule has 3 aromatic rings. The molecule has 0 radical (unpaired) electrons. The van der Waals surface area contributed by atoms with Crippen LogP contribution in [0.15, 0.2) is 83.5 Å². The minimum absolute atomic E-state index is 0.264. The fourth-order valence-electron chi connectivity index (χ4n) is 3.76. The fourth-order valence-corrected chi connectivity index (χ4v) is 4.83. The van der Waals surface area contributed by atoms with E-state index >= 15 is 0 Å². The summed E-state index contributed by atoms with van der Waals surface area (Å²) in [6, 6.07) is 22.5. The van der Waals surface area contributed by atoms with Gasteiger partial charge in [-0.2, -0.15) is 0 Å². The number of anilines is 1. The Morgan fingerprint density at radius 2 is 1.68 bits per heavy atom. The second-order valence-corrected chi connectivity index (χ2v) is 9.07. The number of carbonyl (C=O) groups is 2. The van der Waals surface area contributed by atoms with Crippen LogP contribution in [0.4, 0.5) is 5.69 Å². The third-order valence-electron chi connectivity index (χ3n) is 5.30. The van der Waals surface area contributed by atoms with Gasteiger partial charge >= 0.3 is 0 Å². The van der Waals surface area contributed by atoms with Crippen molar-refractivity contribution < 1.29 is 14.3 Å². The number of amides is 2. The molecule has 172 valence electrons. The molecule has 34 heavy (non-hydrogen) atoms. The van der Waals surface area contributed by atoms with Gasteiger partial charge in [0.15, 0.2) is 5.17 Å². The van der Waals surface area contributed by atoms with Crippen molar-refractivity contribution in [2.45, 2.75) is 19.1 Å². The molecular weight excluding hydrogens is 446 g/mol. The molecule has 2 N–H and O–H groups in total. The lowest BCUT2D eigenvalue weighted by molar-refractivity contribution is -0.117. The summed E-state index contributed by atoms with van der Waals surface area (Å²) in [7, 11) is 1.60. The van der Waals surface area contributed by atoms with E-state index in [1.165, 1.54) is 11.8 Å². The van der Waals surface area contributed by atoms with Crippen LogP contribution in [-0.4, -0.2) is 24.1 Å². The first kappa shape index (κ1) is 23.3. The van der Waals surface area contributed by atoms with E-state index < -0.39 is 11.2 Å². The highest BCUT2D eigenvalue weighted by atomic mass is 32.2. The second-order valence-electron chi connectivity index (χ2n) is 7.99. The third-order valence-corrected chi connectivity index (χ3v) is 6.52. The van der Waals surface area contributed by atoms with E-state index in [1.54, 1.807) is 18.1 Å². The molecule has 6 nitrogen and oxygen atoms in total. The lowest BCUT2D eigenvalue weighted by Gasteiger charge is -2.21. The van der Waals surface area contributed by atoms with Crippen LogP contribution in [0.2, 0.25) is 0 Å². The highest BCUT2D eigenvalue weighted by Crippen LogP contribution is 2.37. The van der Waals surface area contributed by atoms with Crippen molar-refractivity contribution >= 4 is 40.5 Å². The molecule has 0 bridgehead atoms. The Morgan fingerprint density at radius 1 is 1.03 bits per heavy atom. The van der Waals surface area contributed by atoms with Gasteiger partial charge in [-0.1, -0.05) is 60.3 Å². The van der Waals surface area contributed by atoms with Crippen LogP contribution < -0.4 is 15.4 Å². The fraction of sp³-hybridized carbons (Fsp3) is 0.148. The predicted octanol–water partition coefficient (Wildman–Crippen LogP) is 5.02. The van der Waals surface area contributed by atoms with Gasteiger partial charge in [0.2, 0.25) is 5.91 Å². The first-order valence-corrected chi connectivity index (χ1v) is 11.6. The number of aryl methyl sites for hydroxylation is 2. The van der Waals surface area contributed by atoms with E-state index in [0.717, 1.165) is 28.0 Å². The highest BCUT2D eigenvalue weighted by Gasteiger charge is 2.35. The van der Waals surface area contributed by atoms with E-state index in [4.69, 9.17) is 10.5 Å². The number of ether oxygens (including phenoxy) is 1. The van der Waals surface area contributed by atoms with Crippen LogP contribution in [0, 0.1) is 13.8 Å². The molecule has 0 fully saturated rings. The Bertz CT molecular complexity index is 1260. The van der Waals surface area contributed by atoms with Crippen molar-refractivity contribution in [1.29, 1.82) is 0 Å². The zero-order valence-electron chi connectivity index (χ0n) is 19.2. The largest absolute Gasteiger partial charge is 0.497 e. The van der Waals surface area contributed by atoms with Crippen molar-refractivity contribution in [2.24, 2.45) is 10.7 Å². The van der Waals surface area contributed by atoms with E-state index in [1.807, 2.05) is 86.6 Å². The van der Waals surface area contributed by atoms with Gasteiger partial charge in [-0.05, 0) is 66.4 Å². The number of nitrogens with two attached hydrogens (primary N) is 1. The molecule has 1 atom stereocenters. The van der Waals surface area contributed by atoms with E-state index in [2.05, 4.69) is 4.99 Å². The molecule has 1 aliphatic heterocycles. The maximum Gasteiger partial charge on any atom is 0.283 e. The van der Waals surface area contributed by atoms with Crippen molar-refractivity contribution in [2.75, 3.05) is 12.0 Å². The molecular formula is C27H25N3O3S. The molecule has 1 aliphatic rings. The number of hydrogen-bond acceptors (Lipinski definition) is 5. The minimum atomic E-state index is -0.693. The SMILES string of the molecule is COc1ccc(/C=C2/N=C(S[C@@H](C(N)=O)c3ccccc3)N(c3cc(C)cc(C)c3)C2=O)cc1. The van der Waals surface area contributed by atoms with Crippen molar-refractivity contribution in [1.82, 2.24) is 0 Å². The molecule has 0 aromatic heterocycles. The average Bonchev–Trinajstić information content (AvgIpc) is 3.12. The number of amidine groups is 1. The summed E-state index contributed by atoms with van der Waals surface area (Å²) in [4.78, 5) is 32.1. The quantitative estimate of drug-likeness (QED) is 0.512. The minimum Gasteiger partial charge on any atom is -0.497 e. The number of rotatable bonds is 6. The smallest absolute Gasteiger partial charge is 0.283 e. The number of aliphatic imine (C=N–C) groups is 1. The monoisotopic (exact) mass is 471 g/mol. The number of methoxy groups -OCH3 is 1. The van der Waals surface area contributed by atoms with Crippen molar-refractivity contribution in [3.8, 4) is 5.75 Å². The van der Waals surface area contributed by atoms with Gasteiger partial charge in [-0.15, -0.1) is 0 Å². The Balaban J connectivity index is 1.77. The van der Waals surface area contributed by atoms with Crippen LogP contribution in [0.25, 0.3) is 6.08 Å². The van der Waals surface area contributed by atoms with Gasteiger partial charge in [0.1, 0.15) is 16.7 Å². The van der Waals surface area contributed by atoms with Crippen molar-refractivity contribution in [3.63, 3.8) is 0 Å². The van der Waals surface area contributed by atoms with Gasteiger partial charge < -0.3 is 10.5 Å². The number of benzene rings is 3. The number of carbonyl (C=O) groups excluding carboxylic acids is 2. The Kier molecular flexibility index (Phi) is 6.84. The molecule has 4 rings (SSSR count).